The molecule has 2 amide bonds. The molecular weight excluding hydrogens is 412 g/mol. The molecule has 6 nitrogen and oxygen atoms in total. The van der Waals surface area contributed by atoms with E-state index < -0.39 is 6.04 Å². The van der Waals surface area contributed by atoms with Gasteiger partial charge in [0, 0.05) is 12.2 Å². The number of aryl methyl sites for hydroxylation is 1. The Labute approximate surface area is 193 Å². The number of rotatable bonds is 6. The number of hydrogen-bond donors (Lipinski definition) is 1. The van der Waals surface area contributed by atoms with Crippen LogP contribution in [-0.4, -0.2) is 27.0 Å². The van der Waals surface area contributed by atoms with Crippen molar-refractivity contribution < 1.29 is 4.79 Å². The highest BCUT2D eigenvalue weighted by Crippen LogP contribution is 2.24. The normalized spacial score (nSPS) is 11.8. The fourth-order valence-electron chi connectivity index (χ4n) is 3.94. The van der Waals surface area contributed by atoms with Crippen LogP contribution in [0.4, 0.5) is 10.5 Å². The highest BCUT2D eigenvalue weighted by molar-refractivity contribution is 5.89. The number of para-hydroxylation sites is 2. The molecule has 0 fully saturated rings. The molecule has 0 bridgehead atoms. The molecule has 0 aliphatic heterocycles. The van der Waals surface area contributed by atoms with Gasteiger partial charge in [-0.05, 0) is 56.7 Å². The minimum Gasteiger partial charge on any atom is -0.315 e. The number of anilines is 1. The van der Waals surface area contributed by atoms with Crippen LogP contribution in [0.25, 0.3) is 16.6 Å². The number of benzene rings is 3. The largest absolute Gasteiger partial charge is 0.322 e. The van der Waals surface area contributed by atoms with Crippen LogP contribution >= 0.6 is 0 Å². The van der Waals surface area contributed by atoms with Gasteiger partial charge in [-0.3, -0.25) is 9.36 Å². The van der Waals surface area contributed by atoms with Gasteiger partial charge in [-0.25, -0.2) is 9.78 Å². The zero-order chi connectivity index (χ0) is 23.4. The first-order valence-electron chi connectivity index (χ1n) is 11.2. The Kier molecular flexibility index (Phi) is 6.54. The molecule has 0 aliphatic carbocycles. The molecule has 4 rings (SSSR count). The molecule has 1 heterocycles. The van der Waals surface area contributed by atoms with E-state index in [0.717, 1.165) is 23.4 Å². The van der Waals surface area contributed by atoms with Gasteiger partial charge in [0.25, 0.3) is 5.56 Å². The molecular formula is C27H28N4O2. The van der Waals surface area contributed by atoms with Gasteiger partial charge < -0.3 is 10.2 Å². The highest BCUT2D eigenvalue weighted by Gasteiger charge is 2.26. The van der Waals surface area contributed by atoms with Gasteiger partial charge >= 0.3 is 6.03 Å². The Morgan fingerprint density at radius 3 is 2.36 bits per heavy atom. The van der Waals surface area contributed by atoms with Gasteiger partial charge in [-0.1, -0.05) is 55.0 Å². The van der Waals surface area contributed by atoms with E-state index >= 15 is 0 Å². The molecule has 1 N–H and O–H groups in total. The van der Waals surface area contributed by atoms with Gasteiger partial charge in [0.15, 0.2) is 0 Å². The maximum absolute atomic E-state index is 13.5. The molecule has 0 radical (unpaired) electrons. The number of fused-ring (bicyclic) bond motifs is 1. The molecule has 0 spiro atoms. The second-order valence-electron chi connectivity index (χ2n) is 8.13. The first-order chi connectivity index (χ1) is 16.0. The van der Waals surface area contributed by atoms with Crippen LogP contribution in [0.15, 0.2) is 83.7 Å². The molecule has 33 heavy (non-hydrogen) atoms. The van der Waals surface area contributed by atoms with Gasteiger partial charge in [-0.15, -0.1) is 0 Å². The number of nitrogens with one attached hydrogen (secondary N) is 1. The summed E-state index contributed by atoms with van der Waals surface area (Å²) in [6, 6.07) is 23.8. The maximum Gasteiger partial charge on any atom is 0.322 e. The van der Waals surface area contributed by atoms with Crippen LogP contribution in [0, 0.1) is 6.92 Å². The van der Waals surface area contributed by atoms with Crippen molar-refractivity contribution in [1.29, 1.82) is 0 Å². The Bertz CT molecular complexity index is 1310. The lowest BCUT2D eigenvalue weighted by Gasteiger charge is -2.30. The minimum absolute atomic E-state index is 0.149. The predicted molar refractivity (Wildman–Crippen MR) is 133 cm³/mol. The molecule has 1 aromatic heterocycles. The number of urea groups is 1. The van der Waals surface area contributed by atoms with Crippen molar-refractivity contribution in [1.82, 2.24) is 14.5 Å². The average molecular weight is 441 g/mol. The lowest BCUT2D eigenvalue weighted by molar-refractivity contribution is 0.189. The summed E-state index contributed by atoms with van der Waals surface area (Å²) < 4.78 is 1.62. The molecule has 0 saturated heterocycles. The summed E-state index contributed by atoms with van der Waals surface area (Å²) in [4.78, 5) is 33.4. The summed E-state index contributed by atoms with van der Waals surface area (Å²) in [5.74, 6) is 0.525. The summed E-state index contributed by atoms with van der Waals surface area (Å²) in [6.45, 7) is 6.47. The smallest absolute Gasteiger partial charge is 0.315 e. The summed E-state index contributed by atoms with van der Waals surface area (Å²) >= 11 is 0. The molecule has 0 aliphatic rings. The lowest BCUT2D eigenvalue weighted by Crippen LogP contribution is -2.40. The molecule has 6 heteroatoms. The molecule has 168 valence electrons. The molecule has 0 saturated carbocycles. The monoisotopic (exact) mass is 440 g/mol. The summed E-state index contributed by atoms with van der Waals surface area (Å²) in [5, 5.41) is 3.53. The van der Waals surface area contributed by atoms with Crippen LogP contribution < -0.4 is 10.9 Å². The van der Waals surface area contributed by atoms with Crippen LogP contribution in [0.1, 0.15) is 37.7 Å². The number of carbonyl (C=O) groups is 1. The first kappa shape index (κ1) is 22.3. The molecule has 1 unspecified atom stereocenters. The Balaban J connectivity index is 1.80. The van der Waals surface area contributed by atoms with Crippen molar-refractivity contribution in [2.45, 2.75) is 33.2 Å². The number of amides is 2. The van der Waals surface area contributed by atoms with E-state index in [0.29, 0.717) is 23.3 Å². The third-order valence-corrected chi connectivity index (χ3v) is 5.69. The Hall–Kier alpha value is -3.93. The fourth-order valence-corrected chi connectivity index (χ4v) is 3.94. The van der Waals surface area contributed by atoms with E-state index in [1.54, 1.807) is 15.5 Å². The van der Waals surface area contributed by atoms with E-state index in [-0.39, 0.29) is 11.6 Å². The second kappa shape index (κ2) is 9.69. The SMILES string of the molecule is CCCN(C(=O)Nc1ccc(C)cc1)C(C)c1nc2ccccc2c(=O)n1-c1ccccc1. The minimum atomic E-state index is -0.437. The first-order valence-corrected chi connectivity index (χ1v) is 11.2. The van der Waals surface area contributed by atoms with Gasteiger partial charge in [0.05, 0.1) is 22.6 Å². The quantitative estimate of drug-likeness (QED) is 0.418. The van der Waals surface area contributed by atoms with Crippen LogP contribution in [0.2, 0.25) is 0 Å². The zero-order valence-electron chi connectivity index (χ0n) is 19.2. The fraction of sp³-hybridized carbons (Fsp3) is 0.222. The van der Waals surface area contributed by atoms with Crippen LogP contribution in [0.3, 0.4) is 0 Å². The zero-order valence-corrected chi connectivity index (χ0v) is 19.2. The van der Waals surface area contributed by atoms with Crippen LogP contribution in [-0.2, 0) is 0 Å². The summed E-state index contributed by atoms with van der Waals surface area (Å²) in [6.07, 6.45) is 0.773. The topological polar surface area (TPSA) is 67.2 Å². The van der Waals surface area contributed by atoms with E-state index in [2.05, 4.69) is 5.32 Å². The van der Waals surface area contributed by atoms with Crippen molar-refractivity contribution in [2.75, 3.05) is 11.9 Å². The number of carbonyl (C=O) groups excluding carboxylic acids is 1. The third kappa shape index (κ3) is 4.65. The number of aromatic nitrogens is 2. The van der Waals surface area contributed by atoms with Crippen molar-refractivity contribution in [3.63, 3.8) is 0 Å². The second-order valence-corrected chi connectivity index (χ2v) is 8.13. The molecule has 1 atom stereocenters. The molecule has 3 aromatic carbocycles. The number of nitrogens with zero attached hydrogens (tertiary/aromatic N) is 3. The van der Waals surface area contributed by atoms with Crippen molar-refractivity contribution in [2.24, 2.45) is 0 Å². The predicted octanol–water partition coefficient (Wildman–Crippen LogP) is 5.70. The Morgan fingerprint density at radius 2 is 1.67 bits per heavy atom. The molecule has 4 aromatic rings. The van der Waals surface area contributed by atoms with E-state index in [1.807, 2.05) is 93.6 Å². The maximum atomic E-state index is 13.5. The Morgan fingerprint density at radius 1 is 1.00 bits per heavy atom. The van der Waals surface area contributed by atoms with Gasteiger partial charge in [0.1, 0.15) is 5.82 Å². The van der Waals surface area contributed by atoms with E-state index in [4.69, 9.17) is 4.98 Å². The third-order valence-electron chi connectivity index (χ3n) is 5.69. The van der Waals surface area contributed by atoms with Crippen molar-refractivity contribution in [3.8, 4) is 5.69 Å². The summed E-state index contributed by atoms with van der Waals surface area (Å²) in [7, 11) is 0. The summed E-state index contributed by atoms with van der Waals surface area (Å²) in [5.41, 5.74) is 3.04. The van der Waals surface area contributed by atoms with E-state index in [9.17, 15) is 9.59 Å². The standard InChI is InChI=1S/C27H28N4O2/c1-4-18-30(27(33)28-21-16-14-19(2)15-17-21)20(3)25-29-24-13-9-8-12-23(24)26(32)31(25)22-10-6-5-7-11-22/h5-17,20H,4,18H2,1-3H3,(H,28,33). The van der Waals surface area contributed by atoms with E-state index in [1.165, 1.54) is 0 Å². The lowest BCUT2D eigenvalue weighted by atomic mass is 10.1. The average Bonchev–Trinajstić information content (AvgIpc) is 2.84. The number of hydrogen-bond acceptors (Lipinski definition) is 3. The van der Waals surface area contributed by atoms with Crippen LogP contribution in [0.5, 0.6) is 0 Å². The van der Waals surface area contributed by atoms with Crippen molar-refractivity contribution >= 4 is 22.6 Å². The van der Waals surface area contributed by atoms with Crippen molar-refractivity contribution in [3.05, 3.63) is 101 Å². The highest BCUT2D eigenvalue weighted by atomic mass is 16.2. The van der Waals surface area contributed by atoms with Gasteiger partial charge in [-0.2, -0.15) is 0 Å². The van der Waals surface area contributed by atoms with Gasteiger partial charge in [0.2, 0.25) is 0 Å².